The van der Waals surface area contributed by atoms with E-state index in [-0.39, 0.29) is 0 Å². The van der Waals surface area contributed by atoms with Crippen molar-refractivity contribution in [3.05, 3.63) is 0 Å². The number of nitrogens with two attached hydrogens (primary N) is 1. The van der Waals surface area contributed by atoms with Gasteiger partial charge in [-0.2, -0.15) is 0 Å². The summed E-state index contributed by atoms with van der Waals surface area (Å²) in [4.78, 5) is 0. The van der Waals surface area contributed by atoms with Crippen LogP contribution in [0.25, 0.3) is 0 Å². The van der Waals surface area contributed by atoms with Gasteiger partial charge >= 0.3 is 0 Å². The minimum atomic E-state index is -2.98. The van der Waals surface area contributed by atoms with Gasteiger partial charge in [-0.3, -0.25) is 0 Å². The third-order valence-electron chi connectivity index (χ3n) is 4.31. The molecule has 108 valence electrons. The predicted molar refractivity (Wildman–Crippen MR) is 77.3 cm³/mol. The summed E-state index contributed by atoms with van der Waals surface area (Å²) in [6, 6.07) is 0. The van der Waals surface area contributed by atoms with E-state index in [4.69, 9.17) is 5.73 Å². The van der Waals surface area contributed by atoms with Crippen molar-refractivity contribution in [1.82, 2.24) is 0 Å². The van der Waals surface area contributed by atoms with Gasteiger partial charge in [0.05, 0.1) is 10.5 Å². The monoisotopic (exact) mass is 275 g/mol. The van der Waals surface area contributed by atoms with Crippen LogP contribution >= 0.6 is 0 Å². The summed E-state index contributed by atoms with van der Waals surface area (Å²) in [5.74, 6) is 1.36. The van der Waals surface area contributed by atoms with Crippen molar-refractivity contribution in [2.75, 3.05) is 12.3 Å². The van der Waals surface area contributed by atoms with E-state index in [9.17, 15) is 8.42 Å². The second-order valence-corrected chi connectivity index (χ2v) is 9.48. The fourth-order valence-corrected chi connectivity index (χ4v) is 3.99. The molecule has 0 radical (unpaired) electrons. The third-order valence-corrected chi connectivity index (χ3v) is 6.95. The van der Waals surface area contributed by atoms with E-state index >= 15 is 0 Å². The molecule has 2 unspecified atom stereocenters. The van der Waals surface area contributed by atoms with Crippen LogP contribution in [0.5, 0.6) is 0 Å². The maximum absolute atomic E-state index is 12.1. The van der Waals surface area contributed by atoms with Crippen LogP contribution in [0.1, 0.15) is 59.3 Å². The topological polar surface area (TPSA) is 60.2 Å². The van der Waals surface area contributed by atoms with Crippen LogP contribution in [0.2, 0.25) is 0 Å². The molecule has 1 aliphatic carbocycles. The van der Waals surface area contributed by atoms with Gasteiger partial charge in [-0.25, -0.2) is 8.42 Å². The van der Waals surface area contributed by atoms with Crippen molar-refractivity contribution >= 4 is 9.84 Å². The van der Waals surface area contributed by atoms with Crippen LogP contribution in [-0.4, -0.2) is 25.5 Å². The summed E-state index contributed by atoms with van der Waals surface area (Å²) in [6.45, 7) is 6.07. The maximum Gasteiger partial charge on any atom is 0.155 e. The highest BCUT2D eigenvalue weighted by Gasteiger charge is 2.31. The molecule has 18 heavy (non-hydrogen) atoms. The van der Waals surface area contributed by atoms with E-state index in [1.165, 1.54) is 25.7 Å². The summed E-state index contributed by atoms with van der Waals surface area (Å²) in [6.07, 6.45) is 6.89. The fraction of sp³-hybridized carbons (Fsp3) is 1.00. The summed E-state index contributed by atoms with van der Waals surface area (Å²) in [7, 11) is -2.98. The lowest BCUT2D eigenvalue weighted by Crippen LogP contribution is -2.32. The molecule has 1 rings (SSSR count). The lowest BCUT2D eigenvalue weighted by atomic mass is 9.86. The standard InChI is InChI=1S/C14H29NO2S/c1-14(2,3)18(16,17)10-9-12-7-5-4-6-8-13(12)11-15/h12-13H,4-11,15H2,1-3H3. The number of rotatable bonds is 4. The average molecular weight is 275 g/mol. The van der Waals surface area contributed by atoms with Crippen molar-refractivity contribution in [2.24, 2.45) is 17.6 Å². The highest BCUT2D eigenvalue weighted by molar-refractivity contribution is 7.92. The van der Waals surface area contributed by atoms with E-state index in [0.717, 1.165) is 12.8 Å². The first-order valence-electron chi connectivity index (χ1n) is 7.20. The highest BCUT2D eigenvalue weighted by atomic mass is 32.2. The largest absolute Gasteiger partial charge is 0.330 e. The van der Waals surface area contributed by atoms with E-state index in [2.05, 4.69) is 0 Å². The number of hydrogen-bond acceptors (Lipinski definition) is 3. The summed E-state index contributed by atoms with van der Waals surface area (Å²) in [5, 5.41) is 0. The zero-order valence-corrected chi connectivity index (χ0v) is 12.9. The molecular weight excluding hydrogens is 246 g/mol. The summed E-state index contributed by atoms with van der Waals surface area (Å²) in [5.41, 5.74) is 5.84. The van der Waals surface area contributed by atoms with Crippen molar-refractivity contribution in [1.29, 1.82) is 0 Å². The fourth-order valence-electron chi connectivity index (χ4n) is 2.76. The molecule has 3 nitrogen and oxygen atoms in total. The van der Waals surface area contributed by atoms with Crippen LogP contribution in [0.3, 0.4) is 0 Å². The van der Waals surface area contributed by atoms with Gasteiger partial charge < -0.3 is 5.73 Å². The molecule has 0 aromatic carbocycles. The second kappa shape index (κ2) is 6.38. The predicted octanol–water partition coefficient (Wildman–Crippen LogP) is 2.75. The van der Waals surface area contributed by atoms with Gasteiger partial charge in [0, 0.05) is 0 Å². The van der Waals surface area contributed by atoms with Crippen molar-refractivity contribution < 1.29 is 8.42 Å². The molecule has 1 aliphatic rings. The first-order valence-corrected chi connectivity index (χ1v) is 8.85. The van der Waals surface area contributed by atoms with Gasteiger partial charge in [0.1, 0.15) is 0 Å². The molecule has 0 bridgehead atoms. The molecule has 0 aliphatic heterocycles. The lowest BCUT2D eigenvalue weighted by Gasteiger charge is -2.26. The Hall–Kier alpha value is -0.0900. The molecule has 0 aromatic heterocycles. The van der Waals surface area contributed by atoms with Gasteiger partial charge in [-0.15, -0.1) is 0 Å². The van der Waals surface area contributed by atoms with Gasteiger partial charge in [-0.1, -0.05) is 25.7 Å². The summed E-state index contributed by atoms with van der Waals surface area (Å²) >= 11 is 0. The van der Waals surface area contributed by atoms with Crippen LogP contribution < -0.4 is 5.73 Å². The molecule has 4 heteroatoms. The Balaban J connectivity index is 2.60. The first-order chi connectivity index (χ1) is 8.28. The molecule has 0 saturated heterocycles. The Morgan fingerprint density at radius 3 is 2.11 bits per heavy atom. The molecule has 0 amide bonds. The third kappa shape index (κ3) is 4.23. The zero-order valence-electron chi connectivity index (χ0n) is 12.1. The minimum absolute atomic E-state index is 0.317. The van der Waals surface area contributed by atoms with Gasteiger partial charge in [0.2, 0.25) is 0 Å². The van der Waals surface area contributed by atoms with E-state index < -0.39 is 14.6 Å². The number of sulfone groups is 1. The average Bonchev–Trinajstić information content (AvgIpc) is 2.49. The lowest BCUT2D eigenvalue weighted by molar-refractivity contribution is 0.311. The molecule has 1 fully saturated rings. The van der Waals surface area contributed by atoms with E-state index in [1.54, 1.807) is 20.8 Å². The Labute approximate surface area is 112 Å². The highest BCUT2D eigenvalue weighted by Crippen LogP contribution is 2.31. The van der Waals surface area contributed by atoms with Crippen molar-refractivity contribution in [3.8, 4) is 0 Å². The Morgan fingerprint density at radius 2 is 1.61 bits per heavy atom. The van der Waals surface area contributed by atoms with Crippen LogP contribution in [0, 0.1) is 11.8 Å². The molecule has 2 N–H and O–H groups in total. The second-order valence-electron chi connectivity index (χ2n) is 6.61. The summed E-state index contributed by atoms with van der Waals surface area (Å²) < 4.78 is 23.7. The SMILES string of the molecule is CC(C)(C)S(=O)(=O)CCC1CCCCCC1CN. The molecule has 0 aromatic rings. The van der Waals surface area contributed by atoms with Crippen molar-refractivity contribution in [2.45, 2.75) is 64.0 Å². The smallest absolute Gasteiger partial charge is 0.155 e. The normalized spacial score (nSPS) is 26.9. The quantitative estimate of drug-likeness (QED) is 0.803. The van der Waals surface area contributed by atoms with Crippen LogP contribution in [0.4, 0.5) is 0 Å². The molecule has 2 atom stereocenters. The van der Waals surface area contributed by atoms with Gasteiger partial charge in [0.25, 0.3) is 0 Å². The Bertz CT molecular complexity index is 343. The van der Waals surface area contributed by atoms with Gasteiger partial charge in [-0.05, 0) is 52.0 Å². The zero-order chi connectivity index (χ0) is 13.8. The van der Waals surface area contributed by atoms with Gasteiger partial charge in [0.15, 0.2) is 9.84 Å². The van der Waals surface area contributed by atoms with E-state index in [1.807, 2.05) is 0 Å². The molecule has 1 saturated carbocycles. The van der Waals surface area contributed by atoms with E-state index in [0.29, 0.717) is 24.1 Å². The molecular formula is C14H29NO2S. The Kier molecular flexibility index (Phi) is 5.66. The van der Waals surface area contributed by atoms with Crippen LogP contribution in [0.15, 0.2) is 0 Å². The molecule has 0 heterocycles. The van der Waals surface area contributed by atoms with Crippen LogP contribution in [-0.2, 0) is 9.84 Å². The minimum Gasteiger partial charge on any atom is -0.330 e. The maximum atomic E-state index is 12.1. The first kappa shape index (κ1) is 16.0. The van der Waals surface area contributed by atoms with Crippen molar-refractivity contribution in [3.63, 3.8) is 0 Å². The Morgan fingerprint density at radius 1 is 1.06 bits per heavy atom. The number of hydrogen-bond donors (Lipinski definition) is 1. The molecule has 0 spiro atoms.